The Morgan fingerprint density at radius 3 is 2.39 bits per heavy atom. The van der Waals surface area contributed by atoms with Crippen molar-refractivity contribution in [3.63, 3.8) is 0 Å². The molecule has 2 aromatic carbocycles. The Kier molecular flexibility index (Phi) is 5.99. The Labute approximate surface area is 194 Å². The molecule has 2 heterocycles. The first kappa shape index (κ1) is 22.1. The number of rotatable bonds is 6. The number of nitrogens with one attached hydrogen (secondary N) is 1. The molecule has 33 heavy (non-hydrogen) atoms. The Morgan fingerprint density at radius 2 is 1.76 bits per heavy atom. The van der Waals surface area contributed by atoms with Gasteiger partial charge in [0, 0.05) is 29.3 Å². The third kappa shape index (κ3) is 4.43. The quantitative estimate of drug-likeness (QED) is 0.592. The van der Waals surface area contributed by atoms with Crippen LogP contribution in [-0.2, 0) is 27.7 Å². The van der Waals surface area contributed by atoms with Gasteiger partial charge in [-0.2, -0.15) is 0 Å². The van der Waals surface area contributed by atoms with E-state index in [-0.39, 0.29) is 17.0 Å². The van der Waals surface area contributed by atoms with E-state index in [4.69, 9.17) is 14.5 Å². The van der Waals surface area contributed by atoms with Gasteiger partial charge in [0.05, 0.1) is 37.0 Å². The Balaban J connectivity index is 1.52. The van der Waals surface area contributed by atoms with E-state index in [1.54, 1.807) is 19.2 Å². The Morgan fingerprint density at radius 1 is 1.06 bits per heavy atom. The number of benzene rings is 2. The van der Waals surface area contributed by atoms with E-state index in [1.807, 2.05) is 36.4 Å². The molecular formula is C25H29N3O4S. The second-order valence-electron chi connectivity index (χ2n) is 8.77. The lowest BCUT2D eigenvalue weighted by Crippen LogP contribution is -2.39. The van der Waals surface area contributed by atoms with E-state index in [0.29, 0.717) is 13.2 Å². The molecule has 1 aliphatic heterocycles. The largest absolute Gasteiger partial charge is 0.497 e. The summed E-state index contributed by atoms with van der Waals surface area (Å²) in [6.45, 7) is 3.41. The lowest BCUT2D eigenvalue weighted by molar-refractivity contribution is 0.0666. The molecule has 1 atom stereocenters. The fourth-order valence-corrected chi connectivity index (χ4v) is 5.71. The second-order valence-corrected chi connectivity index (χ2v) is 10.5. The summed E-state index contributed by atoms with van der Waals surface area (Å²) in [7, 11) is -1.85. The van der Waals surface area contributed by atoms with Gasteiger partial charge in [0.25, 0.3) is 0 Å². The van der Waals surface area contributed by atoms with Crippen molar-refractivity contribution in [3.8, 4) is 28.4 Å². The van der Waals surface area contributed by atoms with E-state index in [9.17, 15) is 8.42 Å². The van der Waals surface area contributed by atoms with E-state index in [0.717, 1.165) is 59.8 Å². The number of hydrogen-bond acceptors (Lipinski definition) is 5. The number of imidazole rings is 1. The van der Waals surface area contributed by atoms with Crippen LogP contribution < -0.4 is 9.46 Å². The lowest BCUT2D eigenvalue weighted by Gasteiger charge is -2.26. The first-order valence-electron chi connectivity index (χ1n) is 11.4. The Bertz CT molecular complexity index is 1230. The SMILES string of the molecule is COc1ccc(-c2nc(-c3ccc(S(=O)(=O)NC4CCC4)cc3)c3n2CC(C)OCC3)cc1. The van der Waals surface area contributed by atoms with Crippen molar-refractivity contribution < 1.29 is 17.9 Å². The molecular weight excluding hydrogens is 438 g/mol. The molecule has 1 N–H and O–H groups in total. The minimum absolute atomic E-state index is 0.0626. The Hall–Kier alpha value is -2.68. The molecule has 0 bridgehead atoms. The average molecular weight is 468 g/mol. The van der Waals surface area contributed by atoms with Crippen LogP contribution >= 0.6 is 0 Å². The van der Waals surface area contributed by atoms with Crippen LogP contribution in [0.1, 0.15) is 31.9 Å². The number of ether oxygens (including phenoxy) is 2. The zero-order chi connectivity index (χ0) is 23.0. The number of hydrogen-bond donors (Lipinski definition) is 1. The number of nitrogens with zero attached hydrogens (tertiary/aromatic N) is 2. The van der Waals surface area contributed by atoms with Crippen LogP contribution in [0.2, 0.25) is 0 Å². The summed E-state index contributed by atoms with van der Waals surface area (Å²) >= 11 is 0. The fourth-order valence-electron chi connectivity index (χ4n) is 4.40. The summed E-state index contributed by atoms with van der Waals surface area (Å²) in [6, 6.07) is 15.0. The van der Waals surface area contributed by atoms with Crippen molar-refractivity contribution in [2.24, 2.45) is 0 Å². The summed E-state index contributed by atoms with van der Waals surface area (Å²) in [5, 5.41) is 0. The van der Waals surface area contributed by atoms with Gasteiger partial charge in [0.15, 0.2) is 0 Å². The standard InChI is InChI=1S/C25H29N3O4S/c1-17-16-28-23(14-15-32-17)24(26-25(28)19-6-10-21(31-2)11-7-19)18-8-12-22(13-9-18)33(29,30)27-20-4-3-5-20/h6-13,17,20,27H,3-5,14-16H2,1-2H3. The molecule has 1 unspecified atom stereocenters. The maximum Gasteiger partial charge on any atom is 0.240 e. The summed E-state index contributed by atoms with van der Waals surface area (Å²) in [4.78, 5) is 5.32. The molecule has 1 fully saturated rings. The van der Waals surface area contributed by atoms with Gasteiger partial charge in [0.1, 0.15) is 11.6 Å². The van der Waals surface area contributed by atoms with Crippen molar-refractivity contribution >= 4 is 10.0 Å². The van der Waals surface area contributed by atoms with Crippen molar-refractivity contribution in [3.05, 3.63) is 54.2 Å². The van der Waals surface area contributed by atoms with Crippen LogP contribution in [0.3, 0.4) is 0 Å². The van der Waals surface area contributed by atoms with Crippen molar-refractivity contribution in [2.45, 2.75) is 56.2 Å². The van der Waals surface area contributed by atoms with Crippen molar-refractivity contribution in [2.75, 3.05) is 13.7 Å². The lowest BCUT2D eigenvalue weighted by atomic mass is 9.94. The molecule has 174 valence electrons. The number of sulfonamides is 1. The first-order valence-corrected chi connectivity index (χ1v) is 12.9. The summed E-state index contributed by atoms with van der Waals surface area (Å²) < 4.78 is 41.6. The zero-order valence-corrected chi connectivity index (χ0v) is 19.8. The van der Waals surface area contributed by atoms with Crippen molar-refractivity contribution in [1.82, 2.24) is 14.3 Å². The average Bonchev–Trinajstić information content (AvgIpc) is 3.03. The van der Waals surface area contributed by atoms with Gasteiger partial charge in [-0.3, -0.25) is 0 Å². The molecule has 1 aliphatic carbocycles. The number of methoxy groups -OCH3 is 1. The van der Waals surface area contributed by atoms with E-state index in [1.165, 1.54) is 0 Å². The molecule has 2 aliphatic rings. The minimum Gasteiger partial charge on any atom is -0.497 e. The highest BCUT2D eigenvalue weighted by Gasteiger charge is 2.26. The molecule has 7 nitrogen and oxygen atoms in total. The predicted octanol–water partition coefficient (Wildman–Crippen LogP) is 4.02. The van der Waals surface area contributed by atoms with Gasteiger partial charge >= 0.3 is 0 Å². The number of aromatic nitrogens is 2. The van der Waals surface area contributed by atoms with Crippen LogP contribution in [-0.4, -0.2) is 43.8 Å². The van der Waals surface area contributed by atoms with Crippen LogP contribution in [0.4, 0.5) is 0 Å². The van der Waals surface area contributed by atoms with Gasteiger partial charge in [-0.05, 0) is 56.2 Å². The molecule has 1 saturated carbocycles. The molecule has 0 saturated heterocycles. The minimum atomic E-state index is -3.50. The van der Waals surface area contributed by atoms with Crippen LogP contribution in [0, 0.1) is 0 Å². The maximum atomic E-state index is 12.7. The maximum absolute atomic E-state index is 12.7. The van der Waals surface area contributed by atoms with E-state index >= 15 is 0 Å². The predicted molar refractivity (Wildman–Crippen MR) is 127 cm³/mol. The molecule has 0 radical (unpaired) electrons. The third-order valence-electron chi connectivity index (χ3n) is 6.47. The summed E-state index contributed by atoms with van der Waals surface area (Å²) in [5.74, 6) is 1.67. The van der Waals surface area contributed by atoms with Crippen molar-refractivity contribution in [1.29, 1.82) is 0 Å². The zero-order valence-electron chi connectivity index (χ0n) is 19.0. The van der Waals surface area contributed by atoms with E-state index < -0.39 is 10.0 Å². The third-order valence-corrected chi connectivity index (χ3v) is 8.00. The van der Waals surface area contributed by atoms with Gasteiger partial charge in [-0.15, -0.1) is 0 Å². The smallest absolute Gasteiger partial charge is 0.240 e. The highest BCUT2D eigenvalue weighted by Crippen LogP contribution is 2.33. The van der Waals surface area contributed by atoms with Crippen LogP contribution in [0.5, 0.6) is 5.75 Å². The van der Waals surface area contributed by atoms with Gasteiger partial charge in [-0.25, -0.2) is 18.1 Å². The molecule has 0 spiro atoms. The second kappa shape index (κ2) is 8.93. The van der Waals surface area contributed by atoms with Crippen LogP contribution in [0.25, 0.3) is 22.6 Å². The molecule has 5 rings (SSSR count). The summed E-state index contributed by atoms with van der Waals surface area (Å²) in [6.07, 6.45) is 3.72. The molecule has 0 amide bonds. The van der Waals surface area contributed by atoms with Gasteiger partial charge in [-0.1, -0.05) is 18.6 Å². The molecule has 1 aromatic heterocycles. The van der Waals surface area contributed by atoms with Gasteiger partial charge in [0.2, 0.25) is 10.0 Å². The monoisotopic (exact) mass is 467 g/mol. The first-order chi connectivity index (χ1) is 15.9. The molecule has 3 aromatic rings. The van der Waals surface area contributed by atoms with E-state index in [2.05, 4.69) is 16.2 Å². The van der Waals surface area contributed by atoms with Crippen LogP contribution in [0.15, 0.2) is 53.4 Å². The topological polar surface area (TPSA) is 82.5 Å². The normalized spacial score (nSPS) is 18.9. The molecule has 8 heteroatoms. The van der Waals surface area contributed by atoms with Gasteiger partial charge < -0.3 is 14.0 Å². The number of fused-ring (bicyclic) bond motifs is 1. The summed E-state index contributed by atoms with van der Waals surface area (Å²) in [5.41, 5.74) is 3.87. The highest BCUT2D eigenvalue weighted by atomic mass is 32.2. The fraction of sp³-hybridized carbons (Fsp3) is 0.400. The highest BCUT2D eigenvalue weighted by molar-refractivity contribution is 7.89.